The minimum Gasteiger partial charge on any atom is -0.355 e. The molecule has 94 valence electrons. The summed E-state index contributed by atoms with van der Waals surface area (Å²) in [5.74, 6) is -0.0799. The molecule has 1 aromatic carbocycles. The Morgan fingerprint density at radius 2 is 2.06 bits per heavy atom. The number of ketones is 1. The van der Waals surface area contributed by atoms with Crippen molar-refractivity contribution in [1.82, 2.24) is 15.0 Å². The minimum absolute atomic E-state index is 0.0799. The highest BCUT2D eigenvalue weighted by atomic mass is 16.1. The van der Waals surface area contributed by atoms with Crippen molar-refractivity contribution in [3.05, 3.63) is 41.7 Å². The highest BCUT2D eigenvalue weighted by Gasteiger charge is 2.07. The molecular formula is C13H17N4O+. The van der Waals surface area contributed by atoms with Gasteiger partial charge in [-0.25, -0.2) is 4.68 Å². The summed E-state index contributed by atoms with van der Waals surface area (Å²) in [7, 11) is 0. The average molecular weight is 245 g/mol. The maximum atomic E-state index is 11.1. The maximum Gasteiger partial charge on any atom is 0.181 e. The van der Waals surface area contributed by atoms with Gasteiger partial charge in [0.15, 0.2) is 5.78 Å². The van der Waals surface area contributed by atoms with E-state index < -0.39 is 0 Å². The van der Waals surface area contributed by atoms with Gasteiger partial charge in [-0.05, 0) is 24.6 Å². The predicted octanol–water partition coefficient (Wildman–Crippen LogP) is 0.643. The number of carbonyl (C=O) groups is 1. The SMILES string of the molecule is CC(=O)c1cn(-c2ccc(C[C@@H](C)[NH3+])cc2)nn1. The summed E-state index contributed by atoms with van der Waals surface area (Å²) in [6.45, 7) is 3.57. The second-order valence-electron chi connectivity index (χ2n) is 4.58. The summed E-state index contributed by atoms with van der Waals surface area (Å²) < 4.78 is 1.61. The first-order valence-electron chi connectivity index (χ1n) is 5.92. The monoisotopic (exact) mass is 245 g/mol. The number of rotatable bonds is 4. The molecule has 0 aliphatic carbocycles. The van der Waals surface area contributed by atoms with Crippen LogP contribution in [-0.4, -0.2) is 26.8 Å². The van der Waals surface area contributed by atoms with E-state index in [4.69, 9.17) is 0 Å². The summed E-state index contributed by atoms with van der Waals surface area (Å²) in [5.41, 5.74) is 6.49. The molecule has 3 N–H and O–H groups in total. The van der Waals surface area contributed by atoms with Gasteiger partial charge in [0.2, 0.25) is 0 Å². The van der Waals surface area contributed by atoms with E-state index in [1.165, 1.54) is 12.5 Å². The molecule has 0 unspecified atom stereocenters. The molecule has 0 bridgehead atoms. The molecule has 0 saturated heterocycles. The van der Waals surface area contributed by atoms with E-state index in [1.807, 2.05) is 24.3 Å². The summed E-state index contributed by atoms with van der Waals surface area (Å²) in [5, 5.41) is 7.75. The van der Waals surface area contributed by atoms with Gasteiger partial charge in [-0.15, -0.1) is 5.10 Å². The molecule has 0 spiro atoms. The van der Waals surface area contributed by atoms with Gasteiger partial charge in [-0.1, -0.05) is 17.3 Å². The number of nitrogens with zero attached hydrogens (tertiary/aromatic N) is 3. The Kier molecular flexibility index (Phi) is 3.53. The third kappa shape index (κ3) is 2.81. The van der Waals surface area contributed by atoms with Crippen molar-refractivity contribution in [2.75, 3.05) is 0 Å². The van der Waals surface area contributed by atoms with Crippen molar-refractivity contribution in [3.63, 3.8) is 0 Å². The molecule has 1 aromatic heterocycles. The number of aromatic nitrogens is 3. The normalized spacial score (nSPS) is 12.4. The van der Waals surface area contributed by atoms with Gasteiger partial charge in [0, 0.05) is 13.3 Å². The molecule has 5 nitrogen and oxygen atoms in total. The van der Waals surface area contributed by atoms with Gasteiger partial charge in [-0.3, -0.25) is 4.79 Å². The molecule has 18 heavy (non-hydrogen) atoms. The zero-order chi connectivity index (χ0) is 13.1. The first-order valence-corrected chi connectivity index (χ1v) is 5.92. The van der Waals surface area contributed by atoms with Crippen LogP contribution >= 0.6 is 0 Å². The molecular weight excluding hydrogens is 228 g/mol. The van der Waals surface area contributed by atoms with Gasteiger partial charge in [0.05, 0.1) is 17.9 Å². The average Bonchev–Trinajstić information content (AvgIpc) is 2.78. The van der Waals surface area contributed by atoms with Crippen LogP contribution in [0.5, 0.6) is 0 Å². The Morgan fingerprint density at radius 3 is 2.56 bits per heavy atom. The van der Waals surface area contributed by atoms with Crippen LogP contribution in [0.4, 0.5) is 0 Å². The lowest BCUT2D eigenvalue weighted by Gasteiger charge is -2.04. The second kappa shape index (κ2) is 5.10. The molecule has 0 aliphatic rings. The van der Waals surface area contributed by atoms with E-state index in [0.29, 0.717) is 11.7 Å². The summed E-state index contributed by atoms with van der Waals surface area (Å²) in [6, 6.07) is 8.43. The van der Waals surface area contributed by atoms with Gasteiger partial charge in [0.1, 0.15) is 5.69 Å². The largest absolute Gasteiger partial charge is 0.355 e. The lowest BCUT2D eigenvalue weighted by Crippen LogP contribution is -2.60. The molecule has 2 aromatic rings. The van der Waals surface area contributed by atoms with Crippen molar-refractivity contribution in [1.29, 1.82) is 0 Å². The first-order chi connectivity index (χ1) is 8.56. The Bertz CT molecular complexity index is 542. The van der Waals surface area contributed by atoms with Crippen molar-refractivity contribution in [3.8, 4) is 5.69 Å². The third-order valence-electron chi connectivity index (χ3n) is 2.64. The van der Waals surface area contributed by atoms with E-state index in [2.05, 4.69) is 23.0 Å². The second-order valence-corrected chi connectivity index (χ2v) is 4.58. The lowest BCUT2D eigenvalue weighted by molar-refractivity contribution is -0.413. The van der Waals surface area contributed by atoms with Crippen LogP contribution in [0, 0.1) is 0 Å². The van der Waals surface area contributed by atoms with Crippen LogP contribution in [0.25, 0.3) is 5.69 Å². The molecule has 1 heterocycles. The van der Waals surface area contributed by atoms with Crippen molar-refractivity contribution < 1.29 is 10.5 Å². The van der Waals surface area contributed by atoms with Crippen molar-refractivity contribution in [2.24, 2.45) is 0 Å². The quantitative estimate of drug-likeness (QED) is 0.803. The lowest BCUT2D eigenvalue weighted by atomic mass is 10.1. The van der Waals surface area contributed by atoms with Crippen LogP contribution in [0.3, 0.4) is 0 Å². The number of benzene rings is 1. The fourth-order valence-electron chi connectivity index (χ4n) is 1.74. The van der Waals surface area contributed by atoms with Gasteiger partial charge >= 0.3 is 0 Å². The van der Waals surface area contributed by atoms with Gasteiger partial charge < -0.3 is 5.73 Å². The van der Waals surface area contributed by atoms with Crippen molar-refractivity contribution in [2.45, 2.75) is 26.3 Å². The topological polar surface area (TPSA) is 75.4 Å². The molecule has 1 atom stereocenters. The highest BCUT2D eigenvalue weighted by Crippen LogP contribution is 2.10. The summed E-state index contributed by atoms with van der Waals surface area (Å²) in [4.78, 5) is 11.1. The van der Waals surface area contributed by atoms with Crippen LogP contribution in [0.15, 0.2) is 30.5 Å². The standard InChI is InChI=1S/C13H16N4O/c1-9(14)7-11-3-5-12(6-4-11)17-8-13(10(2)18)15-16-17/h3-6,8-9H,7,14H2,1-2H3/p+1/t9-/m1/s1. The van der Waals surface area contributed by atoms with E-state index in [-0.39, 0.29) is 5.78 Å². The van der Waals surface area contributed by atoms with Crippen LogP contribution in [-0.2, 0) is 6.42 Å². The Hall–Kier alpha value is -2.01. The minimum atomic E-state index is -0.0799. The molecule has 0 aliphatic heterocycles. The molecule has 5 heteroatoms. The van der Waals surface area contributed by atoms with Crippen molar-refractivity contribution >= 4 is 5.78 Å². The number of Topliss-reactive ketones (excluding diaryl/α,β-unsaturated/α-hetero) is 1. The van der Waals surface area contributed by atoms with Crippen LogP contribution < -0.4 is 5.73 Å². The summed E-state index contributed by atoms with van der Waals surface area (Å²) >= 11 is 0. The van der Waals surface area contributed by atoms with E-state index in [1.54, 1.807) is 10.9 Å². The van der Waals surface area contributed by atoms with Crippen LogP contribution in [0.2, 0.25) is 0 Å². The van der Waals surface area contributed by atoms with E-state index in [9.17, 15) is 4.79 Å². The third-order valence-corrected chi connectivity index (χ3v) is 2.64. The molecule has 0 saturated carbocycles. The van der Waals surface area contributed by atoms with E-state index >= 15 is 0 Å². The molecule has 0 radical (unpaired) electrons. The molecule has 0 amide bonds. The predicted molar refractivity (Wildman–Crippen MR) is 67.4 cm³/mol. The first kappa shape index (κ1) is 12.4. The maximum absolute atomic E-state index is 11.1. The molecule has 0 fully saturated rings. The molecule has 2 rings (SSSR count). The number of hydrogen-bond acceptors (Lipinski definition) is 3. The number of quaternary nitrogens is 1. The zero-order valence-electron chi connectivity index (χ0n) is 10.6. The number of carbonyl (C=O) groups excluding carboxylic acids is 1. The Morgan fingerprint density at radius 1 is 1.39 bits per heavy atom. The Balaban J connectivity index is 2.20. The summed E-state index contributed by atoms with van der Waals surface area (Å²) in [6.07, 6.45) is 2.59. The van der Waals surface area contributed by atoms with Gasteiger partial charge in [-0.2, -0.15) is 0 Å². The number of hydrogen-bond donors (Lipinski definition) is 1. The van der Waals surface area contributed by atoms with Crippen LogP contribution in [0.1, 0.15) is 29.9 Å². The Labute approximate surface area is 106 Å². The van der Waals surface area contributed by atoms with E-state index in [0.717, 1.165) is 12.1 Å². The fourth-order valence-corrected chi connectivity index (χ4v) is 1.74. The zero-order valence-corrected chi connectivity index (χ0v) is 10.6. The fraction of sp³-hybridized carbons (Fsp3) is 0.308. The smallest absolute Gasteiger partial charge is 0.181 e. The highest BCUT2D eigenvalue weighted by molar-refractivity contribution is 5.91. The van der Waals surface area contributed by atoms with Gasteiger partial charge in [0.25, 0.3) is 0 Å².